The summed E-state index contributed by atoms with van der Waals surface area (Å²) >= 11 is 0. The molecule has 0 amide bonds. The summed E-state index contributed by atoms with van der Waals surface area (Å²) in [7, 11) is 0. The van der Waals surface area contributed by atoms with E-state index in [1.165, 1.54) is 0 Å². The number of nitrogens with two attached hydrogens (primary N) is 1. The number of hydrogen-bond acceptors (Lipinski definition) is 4. The topological polar surface area (TPSA) is 61.5 Å². The molecule has 0 aliphatic heterocycles. The zero-order chi connectivity index (χ0) is 11.1. The molecule has 4 heteroatoms. The minimum atomic E-state index is -0.121. The van der Waals surface area contributed by atoms with Crippen LogP contribution in [0.1, 0.15) is 6.92 Å². The van der Waals surface area contributed by atoms with Crippen LogP contribution in [0.3, 0.4) is 0 Å². The van der Waals surface area contributed by atoms with Crippen molar-refractivity contribution in [2.75, 3.05) is 19.8 Å². The van der Waals surface area contributed by atoms with Crippen LogP contribution in [0, 0.1) is 0 Å². The van der Waals surface area contributed by atoms with Gasteiger partial charge in [-0.2, -0.15) is 0 Å². The molecule has 15 heavy (non-hydrogen) atoms. The third-order valence-electron chi connectivity index (χ3n) is 1.76. The monoisotopic (exact) mass is 209 g/mol. The third-order valence-corrected chi connectivity index (χ3v) is 1.76. The normalized spacial score (nSPS) is 9.73. The van der Waals surface area contributed by atoms with E-state index in [-0.39, 0.29) is 18.9 Å². The van der Waals surface area contributed by atoms with Gasteiger partial charge in [0.05, 0.1) is 13.2 Å². The fourth-order valence-corrected chi connectivity index (χ4v) is 1.02. The number of benzene rings is 1. The highest BCUT2D eigenvalue weighted by molar-refractivity contribution is 5.81. The van der Waals surface area contributed by atoms with Crippen molar-refractivity contribution in [2.24, 2.45) is 5.73 Å². The Balaban J connectivity index is 2.45. The lowest BCUT2D eigenvalue weighted by atomic mass is 10.3. The van der Waals surface area contributed by atoms with Crippen molar-refractivity contribution in [1.82, 2.24) is 0 Å². The molecule has 1 aromatic carbocycles. The van der Waals surface area contributed by atoms with E-state index in [0.29, 0.717) is 12.4 Å². The van der Waals surface area contributed by atoms with E-state index < -0.39 is 0 Å². The van der Waals surface area contributed by atoms with Crippen molar-refractivity contribution < 1.29 is 14.3 Å². The minimum absolute atomic E-state index is 0.0109. The van der Waals surface area contributed by atoms with E-state index in [4.69, 9.17) is 15.2 Å². The largest absolute Gasteiger partial charge is 0.494 e. The summed E-state index contributed by atoms with van der Waals surface area (Å²) in [5.74, 6) is 1.30. The second-order valence-electron chi connectivity index (χ2n) is 2.94. The molecule has 0 spiro atoms. The van der Waals surface area contributed by atoms with E-state index >= 15 is 0 Å². The van der Waals surface area contributed by atoms with Gasteiger partial charge in [0.1, 0.15) is 18.1 Å². The fraction of sp³-hybridized carbons (Fsp3) is 0.364. The number of carbonyl (C=O) groups excluding carboxylic acids is 1. The zero-order valence-corrected chi connectivity index (χ0v) is 8.73. The Kier molecular flexibility index (Phi) is 4.63. The molecule has 0 aliphatic carbocycles. The van der Waals surface area contributed by atoms with Crippen molar-refractivity contribution in [2.45, 2.75) is 6.92 Å². The molecule has 0 heterocycles. The Morgan fingerprint density at radius 1 is 1.20 bits per heavy atom. The maximum Gasteiger partial charge on any atom is 0.183 e. The van der Waals surface area contributed by atoms with Gasteiger partial charge in [0.15, 0.2) is 5.78 Å². The van der Waals surface area contributed by atoms with Gasteiger partial charge in [-0.05, 0) is 31.2 Å². The predicted octanol–water partition coefficient (Wildman–Crippen LogP) is 0.992. The van der Waals surface area contributed by atoms with Crippen LogP contribution in [0.15, 0.2) is 24.3 Å². The van der Waals surface area contributed by atoms with Gasteiger partial charge in [-0.1, -0.05) is 0 Å². The maximum atomic E-state index is 10.9. The van der Waals surface area contributed by atoms with Crippen molar-refractivity contribution in [1.29, 1.82) is 0 Å². The van der Waals surface area contributed by atoms with Crippen molar-refractivity contribution in [3.05, 3.63) is 24.3 Å². The summed E-state index contributed by atoms with van der Waals surface area (Å²) in [6.45, 7) is 2.58. The highest BCUT2D eigenvalue weighted by Gasteiger charge is 2.00. The van der Waals surface area contributed by atoms with E-state index in [1.807, 2.05) is 6.92 Å². The molecule has 1 aromatic rings. The number of rotatable bonds is 6. The van der Waals surface area contributed by atoms with Gasteiger partial charge in [0.25, 0.3) is 0 Å². The SMILES string of the molecule is CCOc1ccc(OCC(=O)CN)cc1. The molecule has 0 radical (unpaired) electrons. The molecule has 2 N–H and O–H groups in total. The molecule has 0 unspecified atom stereocenters. The Morgan fingerprint density at radius 2 is 1.73 bits per heavy atom. The summed E-state index contributed by atoms with van der Waals surface area (Å²) in [5.41, 5.74) is 5.15. The number of ketones is 1. The number of carbonyl (C=O) groups is 1. The smallest absolute Gasteiger partial charge is 0.183 e. The number of Topliss-reactive ketones (excluding diaryl/α,β-unsaturated/α-hetero) is 1. The van der Waals surface area contributed by atoms with Gasteiger partial charge in [-0.3, -0.25) is 4.79 Å². The zero-order valence-electron chi connectivity index (χ0n) is 8.73. The third kappa shape index (κ3) is 3.99. The van der Waals surface area contributed by atoms with E-state index in [0.717, 1.165) is 5.75 Å². The van der Waals surface area contributed by atoms with Crippen molar-refractivity contribution in [3.8, 4) is 11.5 Å². The lowest BCUT2D eigenvalue weighted by molar-refractivity contribution is -0.119. The average Bonchev–Trinajstić information content (AvgIpc) is 2.28. The van der Waals surface area contributed by atoms with Crippen LogP contribution >= 0.6 is 0 Å². The lowest BCUT2D eigenvalue weighted by Crippen LogP contribution is -2.20. The van der Waals surface area contributed by atoms with Crippen LogP contribution in [-0.4, -0.2) is 25.5 Å². The van der Waals surface area contributed by atoms with Crippen LogP contribution < -0.4 is 15.2 Å². The first-order valence-electron chi connectivity index (χ1n) is 4.83. The molecular weight excluding hydrogens is 194 g/mol. The van der Waals surface area contributed by atoms with Gasteiger partial charge in [-0.25, -0.2) is 0 Å². The van der Waals surface area contributed by atoms with Crippen LogP contribution in [0.2, 0.25) is 0 Å². The molecular formula is C11H15NO3. The fourth-order valence-electron chi connectivity index (χ4n) is 1.02. The molecule has 4 nitrogen and oxygen atoms in total. The van der Waals surface area contributed by atoms with E-state index in [2.05, 4.69) is 0 Å². The summed E-state index contributed by atoms with van der Waals surface area (Å²) in [4.78, 5) is 10.9. The number of ether oxygens (including phenoxy) is 2. The molecule has 0 saturated heterocycles. The minimum Gasteiger partial charge on any atom is -0.494 e. The van der Waals surface area contributed by atoms with E-state index in [9.17, 15) is 4.79 Å². The van der Waals surface area contributed by atoms with Crippen LogP contribution in [0.25, 0.3) is 0 Å². The lowest BCUT2D eigenvalue weighted by Gasteiger charge is -2.06. The first-order chi connectivity index (χ1) is 7.26. The van der Waals surface area contributed by atoms with Gasteiger partial charge in [0, 0.05) is 0 Å². The molecule has 0 fully saturated rings. The molecule has 0 aliphatic rings. The molecule has 0 saturated carbocycles. The Hall–Kier alpha value is -1.55. The molecule has 0 bridgehead atoms. The van der Waals surface area contributed by atoms with Crippen LogP contribution in [0.4, 0.5) is 0 Å². The van der Waals surface area contributed by atoms with Gasteiger partial charge in [-0.15, -0.1) is 0 Å². The summed E-state index contributed by atoms with van der Waals surface area (Å²) in [6, 6.07) is 7.11. The highest BCUT2D eigenvalue weighted by atomic mass is 16.5. The molecule has 0 atom stereocenters. The highest BCUT2D eigenvalue weighted by Crippen LogP contribution is 2.17. The Morgan fingerprint density at radius 3 is 2.20 bits per heavy atom. The average molecular weight is 209 g/mol. The van der Waals surface area contributed by atoms with Crippen LogP contribution in [-0.2, 0) is 4.79 Å². The van der Waals surface area contributed by atoms with Crippen molar-refractivity contribution in [3.63, 3.8) is 0 Å². The van der Waals surface area contributed by atoms with Gasteiger partial charge in [0.2, 0.25) is 0 Å². The predicted molar refractivity (Wildman–Crippen MR) is 57.2 cm³/mol. The van der Waals surface area contributed by atoms with Gasteiger partial charge < -0.3 is 15.2 Å². The van der Waals surface area contributed by atoms with Crippen LogP contribution in [0.5, 0.6) is 11.5 Å². The van der Waals surface area contributed by atoms with Gasteiger partial charge >= 0.3 is 0 Å². The quantitative estimate of drug-likeness (QED) is 0.759. The molecule has 0 aromatic heterocycles. The second-order valence-corrected chi connectivity index (χ2v) is 2.94. The number of hydrogen-bond donors (Lipinski definition) is 1. The Bertz CT molecular complexity index is 308. The van der Waals surface area contributed by atoms with E-state index in [1.54, 1.807) is 24.3 Å². The molecule has 82 valence electrons. The maximum absolute atomic E-state index is 10.9. The standard InChI is InChI=1S/C11H15NO3/c1-2-14-10-3-5-11(6-4-10)15-8-9(13)7-12/h3-6H,2,7-8,12H2,1H3. The Labute approximate surface area is 89.0 Å². The van der Waals surface area contributed by atoms with Crippen molar-refractivity contribution >= 4 is 5.78 Å². The summed E-state index contributed by atoms with van der Waals surface area (Å²) in [5, 5.41) is 0. The first-order valence-corrected chi connectivity index (χ1v) is 4.83. The summed E-state index contributed by atoms with van der Waals surface area (Å²) < 4.78 is 10.5. The molecule has 1 rings (SSSR count). The second kappa shape index (κ2) is 6.03. The summed E-state index contributed by atoms with van der Waals surface area (Å²) in [6.07, 6.45) is 0. The first kappa shape index (κ1) is 11.5.